The van der Waals surface area contributed by atoms with Gasteiger partial charge < -0.3 is 5.11 Å². The van der Waals surface area contributed by atoms with Crippen LogP contribution in [0.5, 0.6) is 0 Å². The van der Waals surface area contributed by atoms with Crippen molar-refractivity contribution in [1.29, 1.82) is 0 Å². The van der Waals surface area contributed by atoms with Crippen LogP contribution in [0.4, 0.5) is 0 Å². The summed E-state index contributed by atoms with van der Waals surface area (Å²) in [6, 6.07) is 0.312. The molecule has 0 radical (unpaired) electrons. The number of aryl methyl sites for hydroxylation is 1. The molecule has 1 N–H and O–H groups in total. The Morgan fingerprint density at radius 3 is 3.19 bits per heavy atom. The molecule has 2 heterocycles. The van der Waals surface area contributed by atoms with E-state index in [9.17, 15) is 5.11 Å². The number of aromatic nitrogens is 3. The predicted molar refractivity (Wildman–Crippen MR) is 60.8 cm³/mol. The maximum Gasteiger partial charge on any atom is 0.141 e. The molecule has 1 aliphatic heterocycles. The number of nitrogens with zero attached hydrogens (tertiary/aromatic N) is 4. The van der Waals surface area contributed by atoms with E-state index in [0.717, 1.165) is 38.3 Å². The van der Waals surface area contributed by atoms with Crippen LogP contribution in [0.25, 0.3) is 0 Å². The van der Waals surface area contributed by atoms with Crippen molar-refractivity contribution in [3.05, 3.63) is 12.2 Å². The van der Waals surface area contributed by atoms with Gasteiger partial charge in [-0.05, 0) is 25.8 Å². The molecular weight excluding hydrogens is 204 g/mol. The van der Waals surface area contributed by atoms with E-state index in [2.05, 4.69) is 21.9 Å². The molecule has 1 aromatic rings. The summed E-state index contributed by atoms with van der Waals surface area (Å²) >= 11 is 0. The van der Waals surface area contributed by atoms with Crippen LogP contribution in [0.3, 0.4) is 0 Å². The maximum atomic E-state index is 9.25. The van der Waals surface area contributed by atoms with Crippen LogP contribution in [0.1, 0.15) is 32.0 Å². The SMILES string of the molecule is CCCn1ncnc1CN1CCC[C@@H]1CO. The monoisotopic (exact) mass is 224 g/mol. The molecule has 2 rings (SSSR count). The second-order valence-electron chi connectivity index (χ2n) is 4.35. The molecule has 1 fully saturated rings. The molecule has 1 aliphatic rings. The molecule has 1 saturated heterocycles. The Labute approximate surface area is 96.1 Å². The van der Waals surface area contributed by atoms with E-state index in [1.165, 1.54) is 6.42 Å². The predicted octanol–water partition coefficient (Wildman–Crippen LogP) is 0.645. The zero-order chi connectivity index (χ0) is 11.4. The number of aliphatic hydroxyl groups excluding tert-OH is 1. The minimum Gasteiger partial charge on any atom is -0.395 e. The molecular formula is C11H20N4O. The second kappa shape index (κ2) is 5.41. The quantitative estimate of drug-likeness (QED) is 0.797. The van der Waals surface area contributed by atoms with Gasteiger partial charge in [-0.2, -0.15) is 5.10 Å². The Hall–Kier alpha value is -0.940. The fourth-order valence-electron chi connectivity index (χ4n) is 2.30. The number of aliphatic hydroxyl groups is 1. The van der Waals surface area contributed by atoms with Crippen LogP contribution >= 0.6 is 0 Å². The number of hydrogen-bond donors (Lipinski definition) is 1. The Balaban J connectivity index is 1.99. The summed E-state index contributed by atoms with van der Waals surface area (Å²) in [6.45, 7) is 5.18. The summed E-state index contributed by atoms with van der Waals surface area (Å²) in [5.41, 5.74) is 0. The first-order valence-corrected chi connectivity index (χ1v) is 6.06. The summed E-state index contributed by atoms with van der Waals surface area (Å²) < 4.78 is 1.97. The van der Waals surface area contributed by atoms with Crippen molar-refractivity contribution < 1.29 is 5.11 Å². The first kappa shape index (κ1) is 11.5. The molecule has 5 heteroatoms. The molecule has 1 aromatic heterocycles. The minimum absolute atomic E-state index is 0.252. The van der Waals surface area contributed by atoms with Gasteiger partial charge in [0.25, 0.3) is 0 Å². The molecule has 5 nitrogen and oxygen atoms in total. The summed E-state index contributed by atoms with van der Waals surface area (Å²) in [4.78, 5) is 6.60. The van der Waals surface area contributed by atoms with Crippen molar-refractivity contribution in [3.8, 4) is 0 Å². The van der Waals surface area contributed by atoms with Crippen molar-refractivity contribution in [1.82, 2.24) is 19.7 Å². The summed E-state index contributed by atoms with van der Waals surface area (Å²) in [7, 11) is 0. The minimum atomic E-state index is 0.252. The van der Waals surface area contributed by atoms with Gasteiger partial charge in [-0.15, -0.1) is 0 Å². The van der Waals surface area contributed by atoms with E-state index in [4.69, 9.17) is 0 Å². The third-order valence-electron chi connectivity index (χ3n) is 3.19. The van der Waals surface area contributed by atoms with Gasteiger partial charge >= 0.3 is 0 Å². The highest BCUT2D eigenvalue weighted by Gasteiger charge is 2.24. The zero-order valence-electron chi connectivity index (χ0n) is 9.84. The van der Waals surface area contributed by atoms with Gasteiger partial charge in [-0.25, -0.2) is 9.67 Å². The Kier molecular flexibility index (Phi) is 3.90. The smallest absolute Gasteiger partial charge is 0.141 e. The highest BCUT2D eigenvalue weighted by molar-refractivity contribution is 4.89. The highest BCUT2D eigenvalue weighted by atomic mass is 16.3. The standard InChI is InChI=1S/C11H20N4O/c1-2-5-15-11(12-9-13-15)7-14-6-3-4-10(14)8-16/h9-10,16H,2-8H2,1H3/t10-/m1/s1. The van der Waals surface area contributed by atoms with Crippen molar-refractivity contribution in [2.24, 2.45) is 0 Å². The van der Waals surface area contributed by atoms with E-state index >= 15 is 0 Å². The van der Waals surface area contributed by atoms with Crippen molar-refractivity contribution in [2.75, 3.05) is 13.2 Å². The normalized spacial score (nSPS) is 21.8. The van der Waals surface area contributed by atoms with Crippen LogP contribution in [-0.4, -0.2) is 44.0 Å². The van der Waals surface area contributed by atoms with E-state index in [0.29, 0.717) is 6.04 Å². The second-order valence-corrected chi connectivity index (χ2v) is 4.35. The largest absolute Gasteiger partial charge is 0.395 e. The average molecular weight is 224 g/mol. The lowest BCUT2D eigenvalue weighted by Crippen LogP contribution is -2.32. The van der Waals surface area contributed by atoms with Crippen LogP contribution in [-0.2, 0) is 13.1 Å². The summed E-state index contributed by atoms with van der Waals surface area (Å²) in [5.74, 6) is 1.02. The van der Waals surface area contributed by atoms with Gasteiger partial charge in [0.2, 0.25) is 0 Å². The van der Waals surface area contributed by atoms with Crippen LogP contribution in [0, 0.1) is 0 Å². The highest BCUT2D eigenvalue weighted by Crippen LogP contribution is 2.18. The third-order valence-corrected chi connectivity index (χ3v) is 3.19. The maximum absolute atomic E-state index is 9.25. The molecule has 0 aliphatic carbocycles. The van der Waals surface area contributed by atoms with Crippen LogP contribution in [0.2, 0.25) is 0 Å². The van der Waals surface area contributed by atoms with Crippen LogP contribution < -0.4 is 0 Å². The molecule has 0 spiro atoms. The number of hydrogen-bond acceptors (Lipinski definition) is 4. The lowest BCUT2D eigenvalue weighted by atomic mass is 10.2. The van der Waals surface area contributed by atoms with E-state index < -0.39 is 0 Å². The van der Waals surface area contributed by atoms with Crippen LogP contribution in [0.15, 0.2) is 6.33 Å². The first-order chi connectivity index (χ1) is 7.85. The average Bonchev–Trinajstić information content (AvgIpc) is 2.89. The molecule has 16 heavy (non-hydrogen) atoms. The molecule has 0 saturated carbocycles. The van der Waals surface area contributed by atoms with Crippen molar-refractivity contribution >= 4 is 0 Å². The van der Waals surface area contributed by atoms with Gasteiger partial charge in [0, 0.05) is 12.6 Å². The fraction of sp³-hybridized carbons (Fsp3) is 0.818. The van der Waals surface area contributed by atoms with Gasteiger partial charge in [0.1, 0.15) is 12.2 Å². The van der Waals surface area contributed by atoms with Gasteiger partial charge in [-0.3, -0.25) is 4.90 Å². The molecule has 0 aromatic carbocycles. The molecule has 0 bridgehead atoms. The van der Waals surface area contributed by atoms with Gasteiger partial charge in [-0.1, -0.05) is 6.92 Å². The topological polar surface area (TPSA) is 54.2 Å². The molecule has 0 unspecified atom stereocenters. The van der Waals surface area contributed by atoms with Gasteiger partial charge in [0.15, 0.2) is 0 Å². The van der Waals surface area contributed by atoms with E-state index in [-0.39, 0.29) is 6.61 Å². The van der Waals surface area contributed by atoms with E-state index in [1.54, 1.807) is 6.33 Å². The fourth-order valence-corrected chi connectivity index (χ4v) is 2.30. The first-order valence-electron chi connectivity index (χ1n) is 6.06. The Morgan fingerprint density at radius 2 is 2.44 bits per heavy atom. The van der Waals surface area contributed by atoms with Gasteiger partial charge in [0.05, 0.1) is 13.2 Å². The summed E-state index contributed by atoms with van der Waals surface area (Å²) in [6.07, 6.45) is 4.96. The lowest BCUT2D eigenvalue weighted by Gasteiger charge is -2.22. The Bertz CT molecular complexity index is 326. The number of rotatable bonds is 5. The lowest BCUT2D eigenvalue weighted by molar-refractivity contribution is 0.149. The Morgan fingerprint density at radius 1 is 1.56 bits per heavy atom. The molecule has 0 amide bonds. The molecule has 90 valence electrons. The van der Waals surface area contributed by atoms with Crippen molar-refractivity contribution in [2.45, 2.75) is 45.3 Å². The summed E-state index contributed by atoms with van der Waals surface area (Å²) in [5, 5.41) is 13.5. The molecule has 1 atom stereocenters. The number of likely N-dealkylation sites (tertiary alicyclic amines) is 1. The third kappa shape index (κ3) is 2.41. The van der Waals surface area contributed by atoms with E-state index in [1.807, 2.05) is 4.68 Å². The van der Waals surface area contributed by atoms with Crippen molar-refractivity contribution in [3.63, 3.8) is 0 Å². The zero-order valence-corrected chi connectivity index (χ0v) is 9.84.